The average molecular weight is 379 g/mol. The summed E-state index contributed by atoms with van der Waals surface area (Å²) in [6, 6.07) is 16.7. The highest BCUT2D eigenvalue weighted by molar-refractivity contribution is 5.95. The van der Waals surface area contributed by atoms with E-state index in [1.165, 1.54) is 6.42 Å². The van der Waals surface area contributed by atoms with Crippen LogP contribution in [0.4, 0.5) is 5.69 Å². The number of anilines is 1. The number of amides is 2. The first-order chi connectivity index (χ1) is 13.7. The van der Waals surface area contributed by atoms with E-state index in [2.05, 4.69) is 16.0 Å². The maximum atomic E-state index is 12.4. The lowest BCUT2D eigenvalue weighted by Crippen LogP contribution is -2.65. The second-order valence-corrected chi connectivity index (χ2v) is 7.42. The van der Waals surface area contributed by atoms with Gasteiger partial charge in [0.05, 0.1) is 12.5 Å². The van der Waals surface area contributed by atoms with E-state index >= 15 is 0 Å². The molecular formula is C22H25N3O3. The van der Waals surface area contributed by atoms with Gasteiger partial charge in [0.25, 0.3) is 0 Å². The zero-order chi connectivity index (χ0) is 19.3. The fourth-order valence-corrected chi connectivity index (χ4v) is 3.90. The Morgan fingerprint density at radius 3 is 2.39 bits per heavy atom. The molecule has 3 atom stereocenters. The van der Waals surface area contributed by atoms with E-state index in [4.69, 9.17) is 4.74 Å². The van der Waals surface area contributed by atoms with Crippen LogP contribution in [0.15, 0.2) is 54.6 Å². The number of fused-ring (bicyclic) bond motifs is 1. The van der Waals surface area contributed by atoms with E-state index in [-0.39, 0.29) is 30.3 Å². The van der Waals surface area contributed by atoms with Crippen LogP contribution in [-0.4, -0.2) is 29.9 Å². The minimum atomic E-state index is -0.472. The summed E-state index contributed by atoms with van der Waals surface area (Å²) in [6.07, 6.45) is 4.50. The van der Waals surface area contributed by atoms with Crippen LogP contribution in [-0.2, 0) is 9.59 Å². The summed E-state index contributed by atoms with van der Waals surface area (Å²) in [5.74, 6) is 1.19. The first kappa shape index (κ1) is 18.5. The number of piperazine rings is 1. The van der Waals surface area contributed by atoms with Crippen molar-refractivity contribution in [2.45, 2.75) is 50.2 Å². The summed E-state index contributed by atoms with van der Waals surface area (Å²) in [5.41, 5.74) is 0.678. The summed E-state index contributed by atoms with van der Waals surface area (Å²) in [5, 5.41) is 9.29. The Hall–Kier alpha value is -2.86. The van der Waals surface area contributed by atoms with Crippen LogP contribution in [0.1, 0.15) is 32.1 Å². The minimum Gasteiger partial charge on any atom is -0.457 e. The predicted molar refractivity (Wildman–Crippen MR) is 107 cm³/mol. The number of hydrogen-bond donors (Lipinski definition) is 3. The molecule has 3 N–H and O–H groups in total. The van der Waals surface area contributed by atoms with Gasteiger partial charge >= 0.3 is 0 Å². The SMILES string of the molecule is O=C(C[C@@H]1N[C@@H]2CCCC[C@@H]2NC1=O)Nc1ccc(Oc2ccccc2)cc1. The van der Waals surface area contributed by atoms with Crippen molar-refractivity contribution in [3.63, 3.8) is 0 Å². The lowest BCUT2D eigenvalue weighted by Gasteiger charge is -2.40. The molecule has 1 aliphatic carbocycles. The number of para-hydroxylation sites is 1. The third-order valence-electron chi connectivity index (χ3n) is 5.33. The summed E-state index contributed by atoms with van der Waals surface area (Å²) in [4.78, 5) is 24.7. The smallest absolute Gasteiger partial charge is 0.237 e. The van der Waals surface area contributed by atoms with Crippen LogP contribution < -0.4 is 20.7 Å². The normalized spacial score (nSPS) is 24.0. The molecule has 1 heterocycles. The molecule has 2 amide bonds. The molecule has 2 aliphatic rings. The fourth-order valence-electron chi connectivity index (χ4n) is 3.90. The summed E-state index contributed by atoms with van der Waals surface area (Å²) in [6.45, 7) is 0. The molecule has 0 bridgehead atoms. The van der Waals surface area contributed by atoms with Gasteiger partial charge in [-0.15, -0.1) is 0 Å². The van der Waals surface area contributed by atoms with Crippen molar-refractivity contribution in [1.82, 2.24) is 10.6 Å². The molecule has 4 rings (SSSR count). The zero-order valence-corrected chi connectivity index (χ0v) is 15.7. The second-order valence-electron chi connectivity index (χ2n) is 7.42. The fraction of sp³-hybridized carbons (Fsp3) is 0.364. The van der Waals surface area contributed by atoms with Crippen LogP contribution in [0, 0.1) is 0 Å². The molecule has 0 unspecified atom stereocenters. The standard InChI is InChI=1S/C22H25N3O3/c26-21(14-20-22(27)25-19-9-5-4-8-18(19)24-20)23-15-10-12-17(13-11-15)28-16-6-2-1-3-7-16/h1-3,6-7,10-13,18-20,24H,4-5,8-9,14H2,(H,23,26)(H,25,27)/t18-,19+,20+/m1/s1. The van der Waals surface area contributed by atoms with Crippen molar-refractivity contribution in [1.29, 1.82) is 0 Å². The van der Waals surface area contributed by atoms with Gasteiger partial charge in [0.1, 0.15) is 11.5 Å². The van der Waals surface area contributed by atoms with E-state index in [0.29, 0.717) is 11.4 Å². The molecule has 146 valence electrons. The molecule has 6 nitrogen and oxygen atoms in total. The number of benzene rings is 2. The van der Waals surface area contributed by atoms with Crippen LogP contribution >= 0.6 is 0 Å². The summed E-state index contributed by atoms with van der Waals surface area (Å²) < 4.78 is 5.75. The first-order valence-corrected chi connectivity index (χ1v) is 9.86. The van der Waals surface area contributed by atoms with Crippen LogP contribution in [0.3, 0.4) is 0 Å². The lowest BCUT2D eigenvalue weighted by molar-refractivity contribution is -0.129. The van der Waals surface area contributed by atoms with Crippen molar-refractivity contribution >= 4 is 17.5 Å². The molecule has 28 heavy (non-hydrogen) atoms. The van der Waals surface area contributed by atoms with Crippen molar-refractivity contribution in [2.75, 3.05) is 5.32 Å². The van der Waals surface area contributed by atoms with Gasteiger partial charge in [-0.25, -0.2) is 0 Å². The Labute approximate surface area is 164 Å². The van der Waals surface area contributed by atoms with Crippen LogP contribution in [0.5, 0.6) is 11.5 Å². The maximum absolute atomic E-state index is 12.4. The van der Waals surface area contributed by atoms with Gasteiger partial charge in [-0.3, -0.25) is 9.59 Å². The molecule has 1 aliphatic heterocycles. The molecule has 2 aromatic rings. The molecule has 2 fully saturated rings. The average Bonchev–Trinajstić information content (AvgIpc) is 2.71. The Morgan fingerprint density at radius 1 is 0.964 bits per heavy atom. The second kappa shape index (κ2) is 8.44. The molecule has 2 aromatic carbocycles. The highest BCUT2D eigenvalue weighted by atomic mass is 16.5. The van der Waals surface area contributed by atoms with E-state index in [1.807, 2.05) is 30.3 Å². The minimum absolute atomic E-state index is 0.0788. The van der Waals surface area contributed by atoms with Crippen molar-refractivity contribution in [3.8, 4) is 11.5 Å². The highest BCUT2D eigenvalue weighted by Gasteiger charge is 2.36. The number of carbonyl (C=O) groups excluding carboxylic acids is 2. The van der Waals surface area contributed by atoms with Gasteiger partial charge in [-0.05, 0) is 49.2 Å². The van der Waals surface area contributed by atoms with Crippen molar-refractivity contribution in [2.24, 2.45) is 0 Å². The quantitative estimate of drug-likeness (QED) is 0.745. The van der Waals surface area contributed by atoms with Gasteiger partial charge in [0, 0.05) is 17.8 Å². The third kappa shape index (κ3) is 4.51. The number of rotatable bonds is 5. The number of nitrogens with one attached hydrogen (secondary N) is 3. The molecular weight excluding hydrogens is 354 g/mol. The van der Waals surface area contributed by atoms with Gasteiger partial charge in [-0.1, -0.05) is 31.0 Å². The predicted octanol–water partition coefficient (Wildman–Crippen LogP) is 3.21. The van der Waals surface area contributed by atoms with E-state index in [1.54, 1.807) is 24.3 Å². The maximum Gasteiger partial charge on any atom is 0.237 e. The van der Waals surface area contributed by atoms with Gasteiger partial charge in [0.2, 0.25) is 11.8 Å². The van der Waals surface area contributed by atoms with Crippen LogP contribution in [0.25, 0.3) is 0 Å². The monoisotopic (exact) mass is 379 g/mol. The topological polar surface area (TPSA) is 79.5 Å². The molecule has 0 aromatic heterocycles. The number of hydrogen-bond acceptors (Lipinski definition) is 4. The van der Waals surface area contributed by atoms with Gasteiger partial charge < -0.3 is 20.7 Å². The van der Waals surface area contributed by atoms with E-state index in [0.717, 1.165) is 25.0 Å². The third-order valence-corrected chi connectivity index (χ3v) is 5.33. The van der Waals surface area contributed by atoms with Gasteiger partial charge in [0.15, 0.2) is 0 Å². The van der Waals surface area contributed by atoms with E-state index < -0.39 is 6.04 Å². The molecule has 0 spiro atoms. The Bertz CT molecular complexity index is 823. The van der Waals surface area contributed by atoms with Gasteiger partial charge in [-0.2, -0.15) is 0 Å². The zero-order valence-electron chi connectivity index (χ0n) is 15.7. The molecule has 0 radical (unpaired) electrons. The van der Waals surface area contributed by atoms with Crippen LogP contribution in [0.2, 0.25) is 0 Å². The Balaban J connectivity index is 1.30. The summed E-state index contributed by atoms with van der Waals surface area (Å²) >= 11 is 0. The highest BCUT2D eigenvalue weighted by Crippen LogP contribution is 2.24. The van der Waals surface area contributed by atoms with E-state index in [9.17, 15) is 9.59 Å². The number of ether oxygens (including phenoxy) is 1. The van der Waals surface area contributed by atoms with Crippen molar-refractivity contribution in [3.05, 3.63) is 54.6 Å². The first-order valence-electron chi connectivity index (χ1n) is 9.86. The molecule has 1 saturated carbocycles. The number of carbonyl (C=O) groups is 2. The lowest BCUT2D eigenvalue weighted by atomic mass is 9.87. The summed E-state index contributed by atoms with van der Waals surface area (Å²) in [7, 11) is 0. The molecule has 6 heteroatoms. The Kier molecular flexibility index (Phi) is 5.58. The Morgan fingerprint density at radius 2 is 1.64 bits per heavy atom. The largest absolute Gasteiger partial charge is 0.457 e. The van der Waals surface area contributed by atoms with Crippen molar-refractivity contribution < 1.29 is 14.3 Å². The molecule has 1 saturated heterocycles.